The molecule has 0 aromatic heterocycles. The predicted octanol–water partition coefficient (Wildman–Crippen LogP) is 3.68. The van der Waals surface area contributed by atoms with Gasteiger partial charge < -0.3 is 4.74 Å². The second kappa shape index (κ2) is 6.90. The lowest BCUT2D eigenvalue weighted by molar-refractivity contribution is 0.0758. The summed E-state index contributed by atoms with van der Waals surface area (Å²) in [5, 5.41) is 0.953. The number of rotatable bonds is 7. The lowest BCUT2D eigenvalue weighted by atomic mass is 10.0. The van der Waals surface area contributed by atoms with Crippen molar-refractivity contribution in [1.29, 1.82) is 0 Å². The van der Waals surface area contributed by atoms with Gasteiger partial charge in [-0.3, -0.25) is 9.69 Å². The first kappa shape index (κ1) is 15.8. The van der Waals surface area contributed by atoms with Gasteiger partial charge in [-0.15, -0.1) is 0 Å². The Bertz CT molecular complexity index is 489. The van der Waals surface area contributed by atoms with E-state index in [4.69, 9.17) is 27.9 Å². The molecule has 1 aromatic carbocycles. The molecule has 1 aromatic rings. The maximum Gasteiger partial charge on any atom is 0.181 e. The van der Waals surface area contributed by atoms with E-state index in [1.165, 1.54) is 0 Å². The van der Waals surface area contributed by atoms with Crippen molar-refractivity contribution in [2.45, 2.75) is 31.8 Å². The summed E-state index contributed by atoms with van der Waals surface area (Å²) in [6.07, 6.45) is 2.30. The lowest BCUT2D eigenvalue weighted by Gasteiger charge is -2.28. The molecule has 0 amide bonds. The Morgan fingerprint density at radius 1 is 1.45 bits per heavy atom. The molecule has 0 heterocycles. The van der Waals surface area contributed by atoms with Crippen molar-refractivity contribution in [3.8, 4) is 0 Å². The SMILES string of the molecule is COCCN(C1CC1)C(C)C(=O)c1ccc(Cl)cc1Cl. The lowest BCUT2D eigenvalue weighted by Crippen LogP contribution is -2.42. The third kappa shape index (κ3) is 3.73. The first-order valence-electron chi connectivity index (χ1n) is 6.78. The van der Waals surface area contributed by atoms with Crippen molar-refractivity contribution in [2.24, 2.45) is 0 Å². The summed E-state index contributed by atoms with van der Waals surface area (Å²) < 4.78 is 5.13. The van der Waals surface area contributed by atoms with Crippen LogP contribution in [0.25, 0.3) is 0 Å². The summed E-state index contributed by atoms with van der Waals surface area (Å²) in [6.45, 7) is 3.32. The summed E-state index contributed by atoms with van der Waals surface area (Å²) in [5.74, 6) is 0.0367. The van der Waals surface area contributed by atoms with Gasteiger partial charge in [-0.25, -0.2) is 0 Å². The number of ether oxygens (including phenoxy) is 1. The molecule has 5 heteroatoms. The van der Waals surface area contributed by atoms with Gasteiger partial charge in [0.05, 0.1) is 17.7 Å². The molecule has 1 unspecified atom stereocenters. The minimum atomic E-state index is -0.198. The Morgan fingerprint density at radius 2 is 2.15 bits per heavy atom. The quantitative estimate of drug-likeness (QED) is 0.719. The van der Waals surface area contributed by atoms with Crippen LogP contribution in [0.2, 0.25) is 10.0 Å². The number of methoxy groups -OCH3 is 1. The largest absolute Gasteiger partial charge is 0.383 e. The van der Waals surface area contributed by atoms with E-state index in [0.717, 1.165) is 19.4 Å². The Hall–Kier alpha value is -0.610. The molecule has 20 heavy (non-hydrogen) atoms. The highest BCUT2D eigenvalue weighted by Crippen LogP contribution is 2.30. The maximum atomic E-state index is 12.6. The highest BCUT2D eigenvalue weighted by Gasteiger charge is 2.35. The van der Waals surface area contributed by atoms with Crippen molar-refractivity contribution in [1.82, 2.24) is 4.90 Å². The molecule has 0 bridgehead atoms. The van der Waals surface area contributed by atoms with E-state index in [-0.39, 0.29) is 11.8 Å². The number of ketones is 1. The van der Waals surface area contributed by atoms with Crippen LogP contribution in [-0.4, -0.2) is 43.0 Å². The molecular weight excluding hydrogens is 297 g/mol. The molecule has 1 atom stereocenters. The molecule has 0 saturated heterocycles. The normalized spacial score (nSPS) is 16.4. The average Bonchev–Trinajstić information content (AvgIpc) is 3.23. The molecule has 1 aliphatic rings. The monoisotopic (exact) mass is 315 g/mol. The van der Waals surface area contributed by atoms with Gasteiger partial charge in [0, 0.05) is 30.3 Å². The minimum absolute atomic E-state index is 0.0367. The predicted molar refractivity (Wildman–Crippen MR) is 81.9 cm³/mol. The number of hydrogen-bond acceptors (Lipinski definition) is 3. The highest BCUT2D eigenvalue weighted by molar-refractivity contribution is 6.37. The summed E-state index contributed by atoms with van der Waals surface area (Å²) >= 11 is 12.0. The Morgan fingerprint density at radius 3 is 2.70 bits per heavy atom. The van der Waals surface area contributed by atoms with E-state index in [2.05, 4.69) is 4.90 Å². The van der Waals surface area contributed by atoms with Crippen molar-refractivity contribution < 1.29 is 9.53 Å². The van der Waals surface area contributed by atoms with Crippen molar-refractivity contribution >= 4 is 29.0 Å². The van der Waals surface area contributed by atoms with Gasteiger partial charge >= 0.3 is 0 Å². The van der Waals surface area contributed by atoms with Crippen LogP contribution in [0.5, 0.6) is 0 Å². The summed E-state index contributed by atoms with van der Waals surface area (Å²) in [7, 11) is 1.67. The van der Waals surface area contributed by atoms with Crippen LogP contribution in [-0.2, 0) is 4.74 Å². The van der Waals surface area contributed by atoms with Gasteiger partial charge in [0.2, 0.25) is 0 Å². The van der Waals surface area contributed by atoms with Crippen LogP contribution in [0.15, 0.2) is 18.2 Å². The second-order valence-electron chi connectivity index (χ2n) is 5.13. The molecule has 1 aliphatic carbocycles. The molecule has 0 spiro atoms. The highest BCUT2D eigenvalue weighted by atomic mass is 35.5. The fraction of sp³-hybridized carbons (Fsp3) is 0.533. The summed E-state index contributed by atoms with van der Waals surface area (Å²) in [4.78, 5) is 14.8. The van der Waals surface area contributed by atoms with Crippen molar-refractivity contribution in [2.75, 3.05) is 20.3 Å². The molecule has 1 fully saturated rings. The van der Waals surface area contributed by atoms with Crippen LogP contribution in [0, 0.1) is 0 Å². The van der Waals surface area contributed by atoms with E-state index in [1.807, 2.05) is 6.92 Å². The van der Waals surface area contributed by atoms with Crippen LogP contribution in [0.1, 0.15) is 30.1 Å². The molecule has 3 nitrogen and oxygen atoms in total. The number of carbonyl (C=O) groups is 1. The second-order valence-corrected chi connectivity index (χ2v) is 5.97. The number of halogens is 2. The molecule has 0 N–H and O–H groups in total. The zero-order valence-electron chi connectivity index (χ0n) is 11.7. The third-order valence-electron chi connectivity index (χ3n) is 3.64. The van der Waals surface area contributed by atoms with Gasteiger partial charge in [-0.1, -0.05) is 23.2 Å². The van der Waals surface area contributed by atoms with Crippen LogP contribution in [0.3, 0.4) is 0 Å². The smallest absolute Gasteiger partial charge is 0.181 e. The number of Topliss-reactive ketones (excluding diaryl/α,β-unsaturated/α-hetero) is 1. The van der Waals surface area contributed by atoms with Gasteiger partial charge in [-0.05, 0) is 38.0 Å². The maximum absolute atomic E-state index is 12.6. The Kier molecular flexibility index (Phi) is 5.44. The number of hydrogen-bond donors (Lipinski definition) is 0. The topological polar surface area (TPSA) is 29.5 Å². The van der Waals surface area contributed by atoms with Crippen molar-refractivity contribution in [3.63, 3.8) is 0 Å². The van der Waals surface area contributed by atoms with Gasteiger partial charge in [-0.2, -0.15) is 0 Å². The zero-order chi connectivity index (χ0) is 14.7. The Labute approximate surface area is 129 Å². The van der Waals surface area contributed by atoms with Gasteiger partial charge in [0.25, 0.3) is 0 Å². The summed E-state index contributed by atoms with van der Waals surface area (Å²) in [6, 6.07) is 5.31. The fourth-order valence-corrected chi connectivity index (χ4v) is 2.86. The number of nitrogens with zero attached hydrogens (tertiary/aromatic N) is 1. The number of benzene rings is 1. The zero-order valence-corrected chi connectivity index (χ0v) is 13.2. The van der Waals surface area contributed by atoms with E-state index < -0.39 is 0 Å². The molecule has 0 aliphatic heterocycles. The first-order chi connectivity index (χ1) is 9.54. The fourth-order valence-electron chi connectivity index (χ4n) is 2.36. The summed E-state index contributed by atoms with van der Waals surface area (Å²) in [5.41, 5.74) is 0.534. The van der Waals surface area contributed by atoms with Crippen LogP contribution in [0.4, 0.5) is 0 Å². The van der Waals surface area contributed by atoms with Gasteiger partial charge in [0.1, 0.15) is 0 Å². The van der Waals surface area contributed by atoms with Crippen molar-refractivity contribution in [3.05, 3.63) is 33.8 Å². The van der Waals surface area contributed by atoms with E-state index in [1.54, 1.807) is 25.3 Å². The standard InChI is InChI=1S/C15H19Cl2NO2/c1-10(18(7-8-20-2)12-4-5-12)15(19)13-6-3-11(16)9-14(13)17/h3,6,9-10,12H,4-5,7-8H2,1-2H3. The molecule has 110 valence electrons. The van der Waals surface area contributed by atoms with E-state index in [0.29, 0.717) is 28.3 Å². The van der Waals surface area contributed by atoms with E-state index in [9.17, 15) is 4.79 Å². The van der Waals surface area contributed by atoms with E-state index >= 15 is 0 Å². The average molecular weight is 316 g/mol. The third-order valence-corrected chi connectivity index (χ3v) is 4.19. The Balaban J connectivity index is 2.13. The number of carbonyl (C=O) groups excluding carboxylic acids is 1. The van der Waals surface area contributed by atoms with Crippen LogP contribution < -0.4 is 0 Å². The van der Waals surface area contributed by atoms with Gasteiger partial charge in [0.15, 0.2) is 5.78 Å². The molecule has 2 rings (SSSR count). The molecule has 1 saturated carbocycles. The molecular formula is C15H19Cl2NO2. The minimum Gasteiger partial charge on any atom is -0.383 e. The molecule has 0 radical (unpaired) electrons. The first-order valence-corrected chi connectivity index (χ1v) is 7.54. The van der Waals surface area contributed by atoms with Crippen LogP contribution >= 0.6 is 23.2 Å².